The van der Waals surface area contributed by atoms with E-state index in [1.54, 1.807) is 6.07 Å². The van der Waals surface area contributed by atoms with E-state index in [0.29, 0.717) is 10.6 Å². The average molecular weight is 434 g/mol. The molecule has 0 spiro atoms. The number of alkyl halides is 3. The van der Waals surface area contributed by atoms with Crippen LogP contribution in [0.1, 0.15) is 32.1 Å². The van der Waals surface area contributed by atoms with Crippen molar-refractivity contribution in [2.45, 2.75) is 25.7 Å². The number of hydrogen-bond donors (Lipinski definition) is 2. The minimum absolute atomic E-state index is 0.188. The van der Waals surface area contributed by atoms with Crippen molar-refractivity contribution in [3.8, 4) is 5.75 Å². The van der Waals surface area contributed by atoms with E-state index >= 15 is 0 Å². The van der Waals surface area contributed by atoms with Crippen LogP contribution < -0.4 is 15.4 Å². The summed E-state index contributed by atoms with van der Waals surface area (Å²) in [4.78, 5) is 12.5. The van der Waals surface area contributed by atoms with E-state index in [0.717, 1.165) is 42.5 Å². The van der Waals surface area contributed by atoms with Crippen LogP contribution in [-0.4, -0.2) is 22.6 Å². The van der Waals surface area contributed by atoms with Gasteiger partial charge in [-0.1, -0.05) is 29.5 Å². The van der Waals surface area contributed by atoms with Crippen LogP contribution in [0.25, 0.3) is 0 Å². The Bertz CT molecular complexity index is 1070. The second-order valence-corrected chi connectivity index (χ2v) is 7.71. The molecule has 3 aromatic rings. The number of carbonyl (C=O) groups excluding carboxylic acids is 1. The fraction of sp³-hybridized carbons (Fsp3) is 0.250. The first-order valence-electron chi connectivity index (χ1n) is 9.15. The molecule has 4 rings (SSSR count). The first-order chi connectivity index (χ1) is 14.4. The molecule has 1 aromatic heterocycles. The standard InChI is InChI=1S/C20H17F3N4O2S/c21-20(22,23)15-3-1-2-4-16(15)29-11-17-26-27-19(30-17)25-18(28)13-5-6-14-10-24-8-7-12(14)9-13/h1-6,9,24H,7-8,10-11H2,(H,25,27,28). The maximum atomic E-state index is 13.0. The monoisotopic (exact) mass is 434 g/mol. The maximum Gasteiger partial charge on any atom is 0.419 e. The van der Waals surface area contributed by atoms with E-state index in [1.165, 1.54) is 23.8 Å². The molecule has 0 unspecified atom stereocenters. The third-order valence-electron chi connectivity index (χ3n) is 4.59. The molecule has 2 heterocycles. The van der Waals surface area contributed by atoms with Gasteiger partial charge >= 0.3 is 6.18 Å². The average Bonchev–Trinajstić information content (AvgIpc) is 3.18. The fourth-order valence-electron chi connectivity index (χ4n) is 3.12. The Kier molecular flexibility index (Phi) is 5.69. The van der Waals surface area contributed by atoms with Gasteiger partial charge in [0, 0.05) is 12.1 Å². The summed E-state index contributed by atoms with van der Waals surface area (Å²) >= 11 is 1.05. The molecule has 10 heteroatoms. The van der Waals surface area contributed by atoms with E-state index in [4.69, 9.17) is 4.74 Å². The van der Waals surface area contributed by atoms with Crippen LogP contribution in [0.4, 0.5) is 18.3 Å². The molecule has 0 radical (unpaired) electrons. The van der Waals surface area contributed by atoms with E-state index in [-0.39, 0.29) is 23.4 Å². The number of benzene rings is 2. The number of nitrogens with zero attached hydrogens (tertiary/aromatic N) is 2. The molecule has 30 heavy (non-hydrogen) atoms. The van der Waals surface area contributed by atoms with Gasteiger partial charge in [-0.2, -0.15) is 13.2 Å². The number of nitrogens with one attached hydrogen (secondary N) is 2. The summed E-state index contributed by atoms with van der Waals surface area (Å²) in [5.41, 5.74) is 1.97. The Morgan fingerprint density at radius 2 is 2.00 bits per heavy atom. The van der Waals surface area contributed by atoms with Gasteiger partial charge in [0.25, 0.3) is 5.91 Å². The zero-order chi connectivity index (χ0) is 21.1. The summed E-state index contributed by atoms with van der Waals surface area (Å²) in [5, 5.41) is 14.3. The molecule has 1 amide bonds. The van der Waals surface area contributed by atoms with Crippen LogP contribution in [0.15, 0.2) is 42.5 Å². The van der Waals surface area contributed by atoms with Crippen molar-refractivity contribution >= 4 is 22.4 Å². The highest BCUT2D eigenvalue weighted by molar-refractivity contribution is 7.15. The molecule has 0 atom stereocenters. The van der Waals surface area contributed by atoms with Gasteiger partial charge < -0.3 is 10.1 Å². The van der Waals surface area contributed by atoms with Gasteiger partial charge in [-0.3, -0.25) is 10.1 Å². The lowest BCUT2D eigenvalue weighted by Gasteiger charge is -2.17. The minimum Gasteiger partial charge on any atom is -0.486 e. The van der Waals surface area contributed by atoms with Gasteiger partial charge in [0.15, 0.2) is 5.01 Å². The SMILES string of the molecule is O=C(Nc1nnc(COc2ccccc2C(F)(F)F)s1)c1ccc2c(c1)CCNC2. The highest BCUT2D eigenvalue weighted by Gasteiger charge is 2.34. The number of hydrogen-bond acceptors (Lipinski definition) is 6. The molecule has 1 aliphatic heterocycles. The van der Waals surface area contributed by atoms with Crippen molar-refractivity contribution in [2.24, 2.45) is 0 Å². The number of rotatable bonds is 5. The van der Waals surface area contributed by atoms with Crippen LogP contribution in [0.2, 0.25) is 0 Å². The molecule has 0 bridgehead atoms. The first-order valence-corrected chi connectivity index (χ1v) is 9.97. The lowest BCUT2D eigenvalue weighted by Crippen LogP contribution is -2.24. The van der Waals surface area contributed by atoms with Crippen molar-refractivity contribution in [3.63, 3.8) is 0 Å². The number of ether oxygens (including phenoxy) is 1. The summed E-state index contributed by atoms with van der Waals surface area (Å²) in [5.74, 6) is -0.600. The second kappa shape index (κ2) is 8.41. The Balaban J connectivity index is 1.40. The van der Waals surface area contributed by atoms with Crippen molar-refractivity contribution < 1.29 is 22.7 Å². The summed E-state index contributed by atoms with van der Waals surface area (Å²) < 4.78 is 44.4. The van der Waals surface area contributed by atoms with Crippen LogP contribution in [0.5, 0.6) is 5.75 Å². The van der Waals surface area contributed by atoms with Gasteiger partial charge in [-0.15, -0.1) is 10.2 Å². The van der Waals surface area contributed by atoms with E-state index in [1.807, 2.05) is 12.1 Å². The molecule has 0 fully saturated rings. The topological polar surface area (TPSA) is 76.1 Å². The minimum atomic E-state index is -4.51. The van der Waals surface area contributed by atoms with Gasteiger partial charge in [0.05, 0.1) is 5.56 Å². The third kappa shape index (κ3) is 4.60. The summed E-state index contributed by atoms with van der Waals surface area (Å²) in [7, 11) is 0. The molecule has 2 aromatic carbocycles. The lowest BCUT2D eigenvalue weighted by molar-refractivity contribution is -0.139. The van der Waals surface area contributed by atoms with Crippen LogP contribution in [-0.2, 0) is 25.7 Å². The van der Waals surface area contributed by atoms with Gasteiger partial charge in [-0.05, 0) is 48.4 Å². The Morgan fingerprint density at radius 3 is 2.83 bits per heavy atom. The largest absolute Gasteiger partial charge is 0.486 e. The first kappa shape index (κ1) is 20.3. The molecule has 1 aliphatic rings. The molecule has 0 saturated heterocycles. The quantitative estimate of drug-likeness (QED) is 0.634. The Hall–Kier alpha value is -2.98. The maximum absolute atomic E-state index is 13.0. The summed E-state index contributed by atoms with van der Waals surface area (Å²) in [6.07, 6.45) is -3.65. The molecule has 0 saturated carbocycles. The van der Waals surface area contributed by atoms with Crippen LogP contribution in [0.3, 0.4) is 0 Å². The molecule has 2 N–H and O–H groups in total. The van der Waals surface area contributed by atoms with E-state index < -0.39 is 11.7 Å². The number of amides is 1. The predicted octanol–water partition coefficient (Wildman–Crippen LogP) is 4.03. The molecule has 6 nitrogen and oxygen atoms in total. The Morgan fingerprint density at radius 1 is 1.17 bits per heavy atom. The number of fused-ring (bicyclic) bond motifs is 1. The zero-order valence-corrected chi connectivity index (χ0v) is 16.4. The summed E-state index contributed by atoms with van der Waals surface area (Å²) in [6, 6.07) is 10.5. The van der Waals surface area contributed by atoms with Crippen LogP contribution >= 0.6 is 11.3 Å². The van der Waals surface area contributed by atoms with E-state index in [2.05, 4.69) is 20.8 Å². The molecule has 156 valence electrons. The fourth-order valence-corrected chi connectivity index (χ4v) is 3.76. The molecular weight excluding hydrogens is 417 g/mol. The van der Waals surface area contributed by atoms with Gasteiger partial charge in [0.1, 0.15) is 12.4 Å². The number of carbonyl (C=O) groups is 1. The lowest BCUT2D eigenvalue weighted by atomic mass is 9.98. The number of halogens is 3. The van der Waals surface area contributed by atoms with Gasteiger partial charge in [0.2, 0.25) is 5.13 Å². The van der Waals surface area contributed by atoms with Crippen molar-refractivity contribution in [1.29, 1.82) is 0 Å². The number of aromatic nitrogens is 2. The number of anilines is 1. The van der Waals surface area contributed by atoms with Gasteiger partial charge in [-0.25, -0.2) is 0 Å². The van der Waals surface area contributed by atoms with Crippen molar-refractivity contribution in [2.75, 3.05) is 11.9 Å². The molecular formula is C20H17F3N4O2S. The van der Waals surface area contributed by atoms with Crippen molar-refractivity contribution in [3.05, 3.63) is 69.7 Å². The number of para-hydroxylation sites is 1. The highest BCUT2D eigenvalue weighted by atomic mass is 32.1. The zero-order valence-electron chi connectivity index (χ0n) is 15.6. The third-order valence-corrected chi connectivity index (χ3v) is 5.40. The predicted molar refractivity (Wildman–Crippen MR) is 105 cm³/mol. The Labute approximate surface area is 174 Å². The van der Waals surface area contributed by atoms with Crippen molar-refractivity contribution in [1.82, 2.24) is 15.5 Å². The normalized spacial score (nSPS) is 13.6. The summed E-state index contributed by atoms with van der Waals surface area (Å²) in [6.45, 7) is 1.47. The highest BCUT2D eigenvalue weighted by Crippen LogP contribution is 2.36. The molecule has 0 aliphatic carbocycles. The van der Waals surface area contributed by atoms with E-state index in [9.17, 15) is 18.0 Å². The smallest absolute Gasteiger partial charge is 0.419 e. The second-order valence-electron chi connectivity index (χ2n) is 6.65. The van der Waals surface area contributed by atoms with Crippen LogP contribution in [0, 0.1) is 0 Å².